The number of primary amides is 1. The van der Waals surface area contributed by atoms with Gasteiger partial charge in [0, 0.05) is 0 Å². The normalized spacial score (nSPS) is 9.75. The van der Waals surface area contributed by atoms with Crippen molar-refractivity contribution in [2.45, 2.75) is 11.9 Å². The quantitative estimate of drug-likeness (QED) is 0.700. The zero-order valence-electron chi connectivity index (χ0n) is 6.65. The summed E-state index contributed by atoms with van der Waals surface area (Å²) < 4.78 is 0. The maximum absolute atomic E-state index is 10.7. The van der Waals surface area contributed by atoms with E-state index in [1.807, 2.05) is 6.92 Å². The molecule has 0 bridgehead atoms. The number of rotatable bonds is 3. The first-order chi connectivity index (χ1) is 5.74. The molecular formula is C7H9N3OS. The molecule has 2 N–H and O–H groups in total. The van der Waals surface area contributed by atoms with Gasteiger partial charge in [0.05, 0.1) is 12.4 Å². The molecule has 0 aliphatic rings. The minimum atomic E-state index is -0.541. The molecule has 4 nitrogen and oxygen atoms in total. The molecule has 5 heteroatoms. The fourth-order valence-electron chi connectivity index (χ4n) is 0.684. The van der Waals surface area contributed by atoms with Crippen LogP contribution in [0.2, 0.25) is 0 Å². The maximum Gasteiger partial charge on any atom is 0.268 e. The van der Waals surface area contributed by atoms with E-state index in [2.05, 4.69) is 9.97 Å². The summed E-state index contributed by atoms with van der Waals surface area (Å²) in [6, 6.07) is 0. The summed E-state index contributed by atoms with van der Waals surface area (Å²) in [6.07, 6.45) is 2.97. The Hall–Kier alpha value is -1.10. The van der Waals surface area contributed by atoms with Gasteiger partial charge in [-0.1, -0.05) is 6.92 Å². The van der Waals surface area contributed by atoms with Crippen molar-refractivity contribution in [1.29, 1.82) is 0 Å². The van der Waals surface area contributed by atoms with E-state index in [1.165, 1.54) is 18.0 Å². The van der Waals surface area contributed by atoms with E-state index in [1.54, 1.807) is 6.20 Å². The first-order valence-electron chi connectivity index (χ1n) is 3.48. The van der Waals surface area contributed by atoms with Crippen molar-refractivity contribution < 1.29 is 4.79 Å². The Labute approximate surface area is 74.6 Å². The number of carbonyl (C=O) groups is 1. The molecule has 0 aromatic carbocycles. The lowest BCUT2D eigenvalue weighted by atomic mass is 10.4. The van der Waals surface area contributed by atoms with Gasteiger partial charge in [-0.05, 0) is 5.75 Å². The Morgan fingerprint density at radius 1 is 1.67 bits per heavy atom. The van der Waals surface area contributed by atoms with Gasteiger partial charge in [-0.25, -0.2) is 4.98 Å². The van der Waals surface area contributed by atoms with Gasteiger partial charge in [-0.3, -0.25) is 9.78 Å². The Kier molecular flexibility index (Phi) is 3.04. The molecule has 64 valence electrons. The van der Waals surface area contributed by atoms with E-state index in [9.17, 15) is 4.79 Å². The van der Waals surface area contributed by atoms with Crippen LogP contribution in [0.4, 0.5) is 0 Å². The van der Waals surface area contributed by atoms with Crippen LogP contribution < -0.4 is 5.73 Å². The van der Waals surface area contributed by atoms with Gasteiger partial charge in [-0.15, -0.1) is 11.8 Å². The number of thioether (sulfide) groups is 1. The third-order valence-corrected chi connectivity index (χ3v) is 1.94. The van der Waals surface area contributed by atoms with E-state index in [0.717, 1.165) is 10.8 Å². The van der Waals surface area contributed by atoms with Crippen LogP contribution in [0.5, 0.6) is 0 Å². The Balaban J connectivity index is 2.88. The second-order valence-electron chi connectivity index (χ2n) is 2.04. The van der Waals surface area contributed by atoms with Crippen LogP contribution in [0.1, 0.15) is 17.4 Å². The Bertz CT molecular complexity index is 290. The zero-order chi connectivity index (χ0) is 8.97. The molecule has 0 saturated heterocycles. The molecule has 1 aromatic rings. The lowest BCUT2D eigenvalue weighted by Crippen LogP contribution is -2.13. The van der Waals surface area contributed by atoms with Crippen molar-refractivity contribution in [3.05, 3.63) is 18.1 Å². The molecule has 0 aliphatic carbocycles. The molecule has 1 rings (SSSR count). The fraction of sp³-hybridized carbons (Fsp3) is 0.286. The highest BCUT2D eigenvalue weighted by molar-refractivity contribution is 7.99. The summed E-state index contributed by atoms with van der Waals surface area (Å²) in [6.45, 7) is 2.00. The predicted molar refractivity (Wildman–Crippen MR) is 46.9 cm³/mol. The van der Waals surface area contributed by atoms with E-state index >= 15 is 0 Å². The number of nitrogens with zero attached hydrogens (tertiary/aromatic N) is 2. The first-order valence-corrected chi connectivity index (χ1v) is 4.47. The van der Waals surface area contributed by atoms with Crippen LogP contribution in [0, 0.1) is 0 Å². The van der Waals surface area contributed by atoms with Crippen LogP contribution in [0.15, 0.2) is 17.4 Å². The number of aromatic nitrogens is 2. The Morgan fingerprint density at radius 2 is 2.42 bits per heavy atom. The highest BCUT2D eigenvalue weighted by Crippen LogP contribution is 2.12. The molecule has 0 aliphatic heterocycles. The summed E-state index contributed by atoms with van der Waals surface area (Å²) in [5.74, 6) is 0.359. The Morgan fingerprint density at radius 3 is 3.00 bits per heavy atom. The van der Waals surface area contributed by atoms with Crippen molar-refractivity contribution >= 4 is 17.7 Å². The van der Waals surface area contributed by atoms with Gasteiger partial charge in [-0.2, -0.15) is 0 Å². The minimum absolute atomic E-state index is 0.216. The molecule has 12 heavy (non-hydrogen) atoms. The highest BCUT2D eigenvalue weighted by Gasteiger charge is 2.03. The molecule has 0 saturated carbocycles. The standard InChI is InChI=1S/C7H9N3OS/c1-2-12-6-4-9-3-5(10-6)7(8)11/h3-4H,2H2,1H3,(H2,8,11). The molecule has 0 radical (unpaired) electrons. The van der Waals surface area contributed by atoms with Crippen molar-refractivity contribution in [1.82, 2.24) is 9.97 Å². The lowest BCUT2D eigenvalue weighted by molar-refractivity contribution is 0.0994. The third-order valence-electron chi connectivity index (χ3n) is 1.16. The zero-order valence-corrected chi connectivity index (χ0v) is 7.47. The summed E-state index contributed by atoms with van der Waals surface area (Å²) in [4.78, 5) is 18.5. The maximum atomic E-state index is 10.7. The van der Waals surface area contributed by atoms with E-state index in [0.29, 0.717) is 0 Å². The van der Waals surface area contributed by atoms with E-state index in [4.69, 9.17) is 5.73 Å². The second-order valence-corrected chi connectivity index (χ2v) is 3.32. The minimum Gasteiger partial charge on any atom is -0.364 e. The average molecular weight is 183 g/mol. The molecule has 1 amide bonds. The molecule has 0 spiro atoms. The van der Waals surface area contributed by atoms with Crippen LogP contribution >= 0.6 is 11.8 Å². The molecule has 0 unspecified atom stereocenters. The van der Waals surface area contributed by atoms with Crippen molar-refractivity contribution in [3.63, 3.8) is 0 Å². The predicted octanol–water partition coefficient (Wildman–Crippen LogP) is 0.688. The highest BCUT2D eigenvalue weighted by atomic mass is 32.2. The van der Waals surface area contributed by atoms with Crippen molar-refractivity contribution in [3.8, 4) is 0 Å². The van der Waals surface area contributed by atoms with Crippen LogP contribution in [0.25, 0.3) is 0 Å². The van der Waals surface area contributed by atoms with Crippen molar-refractivity contribution in [2.75, 3.05) is 5.75 Å². The fourth-order valence-corrected chi connectivity index (χ4v) is 1.28. The molecule has 1 heterocycles. The number of hydrogen-bond donors (Lipinski definition) is 1. The molecule has 0 fully saturated rings. The van der Waals surface area contributed by atoms with Gasteiger partial charge < -0.3 is 5.73 Å². The summed E-state index contributed by atoms with van der Waals surface area (Å²) in [7, 11) is 0. The van der Waals surface area contributed by atoms with E-state index in [-0.39, 0.29) is 5.69 Å². The molecule has 0 atom stereocenters. The SMILES string of the molecule is CCSc1cncc(C(N)=O)n1. The monoisotopic (exact) mass is 183 g/mol. The van der Waals surface area contributed by atoms with Crippen molar-refractivity contribution in [2.24, 2.45) is 5.73 Å². The van der Waals surface area contributed by atoms with Crippen LogP contribution in [-0.4, -0.2) is 21.6 Å². The first kappa shape index (κ1) is 8.99. The topological polar surface area (TPSA) is 68.9 Å². The number of carbonyl (C=O) groups excluding carboxylic acids is 1. The second kappa shape index (κ2) is 4.06. The largest absolute Gasteiger partial charge is 0.364 e. The number of amides is 1. The van der Waals surface area contributed by atoms with Crippen LogP contribution in [0.3, 0.4) is 0 Å². The molecular weight excluding hydrogens is 174 g/mol. The van der Waals surface area contributed by atoms with Crippen LogP contribution in [-0.2, 0) is 0 Å². The van der Waals surface area contributed by atoms with Gasteiger partial charge in [0.2, 0.25) is 0 Å². The third kappa shape index (κ3) is 2.20. The molecule has 1 aromatic heterocycles. The smallest absolute Gasteiger partial charge is 0.268 e. The summed E-state index contributed by atoms with van der Waals surface area (Å²) >= 11 is 1.53. The summed E-state index contributed by atoms with van der Waals surface area (Å²) in [5, 5.41) is 0.730. The number of hydrogen-bond acceptors (Lipinski definition) is 4. The number of nitrogens with two attached hydrogens (primary N) is 1. The van der Waals surface area contributed by atoms with Gasteiger partial charge in [0.15, 0.2) is 0 Å². The van der Waals surface area contributed by atoms with Gasteiger partial charge in [0.25, 0.3) is 5.91 Å². The van der Waals surface area contributed by atoms with E-state index < -0.39 is 5.91 Å². The van der Waals surface area contributed by atoms with Gasteiger partial charge in [0.1, 0.15) is 10.7 Å². The van der Waals surface area contributed by atoms with Gasteiger partial charge >= 0.3 is 0 Å². The average Bonchev–Trinajstić information content (AvgIpc) is 2.05. The summed E-state index contributed by atoms with van der Waals surface area (Å²) in [5.41, 5.74) is 5.24. The lowest BCUT2D eigenvalue weighted by Gasteiger charge is -1.97.